The third-order valence-electron chi connectivity index (χ3n) is 2.93. The molecule has 8 heteroatoms. The number of hydrogen-bond donors (Lipinski definition) is 1. The second-order valence-corrected chi connectivity index (χ2v) is 7.03. The van der Waals surface area contributed by atoms with Crippen molar-refractivity contribution in [1.29, 1.82) is 0 Å². The predicted molar refractivity (Wildman–Crippen MR) is 72.1 cm³/mol. The van der Waals surface area contributed by atoms with E-state index in [2.05, 4.69) is 5.32 Å². The number of halogens is 4. The van der Waals surface area contributed by atoms with Gasteiger partial charge in [0.25, 0.3) is 0 Å². The molecule has 0 bridgehead atoms. The summed E-state index contributed by atoms with van der Waals surface area (Å²) in [5, 5.41) is 2.92. The molecule has 0 radical (unpaired) electrons. The fraction of sp³-hybridized carbons (Fsp3) is 0.538. The summed E-state index contributed by atoms with van der Waals surface area (Å²) in [5.74, 6) is -1.51. The van der Waals surface area contributed by atoms with Gasteiger partial charge in [-0.15, -0.1) is 0 Å². The average molecular weight is 327 g/mol. The minimum absolute atomic E-state index is 0.121. The van der Waals surface area contributed by atoms with Gasteiger partial charge in [0.05, 0.1) is 11.3 Å². The molecule has 0 saturated heterocycles. The molecule has 1 aromatic rings. The topological polar surface area (TPSA) is 46.2 Å². The Kier molecular flexibility index (Phi) is 5.75. The molecule has 0 heterocycles. The van der Waals surface area contributed by atoms with E-state index >= 15 is 0 Å². The zero-order valence-corrected chi connectivity index (χ0v) is 12.5. The van der Waals surface area contributed by atoms with Crippen LogP contribution < -0.4 is 5.32 Å². The Morgan fingerprint density at radius 2 is 1.90 bits per heavy atom. The highest BCUT2D eigenvalue weighted by Crippen LogP contribution is 2.33. The van der Waals surface area contributed by atoms with Crippen LogP contribution in [0.15, 0.2) is 18.2 Å². The van der Waals surface area contributed by atoms with E-state index in [1.165, 1.54) is 6.07 Å². The number of rotatable bonds is 6. The van der Waals surface area contributed by atoms with Gasteiger partial charge in [-0.1, -0.05) is 13.0 Å². The number of alkyl halides is 3. The van der Waals surface area contributed by atoms with Crippen molar-refractivity contribution in [2.45, 2.75) is 25.6 Å². The summed E-state index contributed by atoms with van der Waals surface area (Å²) in [5.41, 5.74) is -1.13. The van der Waals surface area contributed by atoms with Crippen molar-refractivity contribution in [1.82, 2.24) is 5.32 Å². The molecular formula is C13H17F4NO2S. The highest BCUT2D eigenvalue weighted by atomic mass is 32.2. The zero-order valence-electron chi connectivity index (χ0n) is 11.7. The van der Waals surface area contributed by atoms with Crippen LogP contribution in [0.25, 0.3) is 0 Å². The number of sulfone groups is 1. The molecule has 1 N–H and O–H groups in total. The molecular weight excluding hydrogens is 310 g/mol. The Morgan fingerprint density at radius 1 is 1.29 bits per heavy atom. The smallest absolute Gasteiger partial charge is 0.310 e. The van der Waals surface area contributed by atoms with Gasteiger partial charge in [-0.05, 0) is 30.7 Å². The van der Waals surface area contributed by atoms with Crippen LogP contribution in [0.3, 0.4) is 0 Å². The Bertz CT molecular complexity index is 584. The van der Waals surface area contributed by atoms with Crippen molar-refractivity contribution in [2.24, 2.45) is 0 Å². The average Bonchev–Trinajstić information content (AvgIpc) is 2.33. The Hall–Kier alpha value is -1.15. The lowest BCUT2D eigenvalue weighted by atomic mass is 10.0. The quantitative estimate of drug-likeness (QED) is 0.817. The van der Waals surface area contributed by atoms with Gasteiger partial charge in [0.1, 0.15) is 15.7 Å². The maximum Gasteiger partial charge on any atom is 0.419 e. The molecule has 0 aliphatic rings. The Morgan fingerprint density at radius 3 is 2.38 bits per heavy atom. The highest BCUT2D eigenvalue weighted by molar-refractivity contribution is 7.90. The molecule has 3 nitrogen and oxygen atoms in total. The van der Waals surface area contributed by atoms with Crippen molar-refractivity contribution in [3.63, 3.8) is 0 Å². The molecule has 1 atom stereocenters. The van der Waals surface area contributed by atoms with Gasteiger partial charge >= 0.3 is 6.18 Å². The molecule has 120 valence electrons. The van der Waals surface area contributed by atoms with Gasteiger partial charge in [0, 0.05) is 12.3 Å². The molecule has 0 saturated carbocycles. The third kappa shape index (κ3) is 5.62. The number of nitrogens with one attached hydrogen (secondary N) is 1. The van der Waals surface area contributed by atoms with Crippen LogP contribution in [0, 0.1) is 5.82 Å². The van der Waals surface area contributed by atoms with Gasteiger partial charge < -0.3 is 5.32 Å². The minimum Gasteiger partial charge on any atom is -0.310 e. The first-order valence-electron chi connectivity index (χ1n) is 6.32. The van der Waals surface area contributed by atoms with Crippen LogP contribution in [0.5, 0.6) is 0 Å². The van der Waals surface area contributed by atoms with Crippen LogP contribution in [-0.2, 0) is 16.0 Å². The fourth-order valence-electron chi connectivity index (χ4n) is 1.94. The van der Waals surface area contributed by atoms with E-state index < -0.39 is 33.4 Å². The van der Waals surface area contributed by atoms with Gasteiger partial charge in [-0.25, -0.2) is 12.8 Å². The van der Waals surface area contributed by atoms with Crippen LogP contribution >= 0.6 is 0 Å². The second kappa shape index (κ2) is 6.74. The van der Waals surface area contributed by atoms with Crippen molar-refractivity contribution in [2.75, 3.05) is 18.6 Å². The van der Waals surface area contributed by atoms with E-state index in [1.54, 1.807) is 6.92 Å². The molecule has 21 heavy (non-hydrogen) atoms. The maximum absolute atomic E-state index is 13.3. The highest BCUT2D eigenvalue weighted by Gasteiger charge is 2.34. The molecule has 1 aromatic carbocycles. The minimum atomic E-state index is -4.78. The zero-order chi connectivity index (χ0) is 16.3. The first-order chi connectivity index (χ1) is 9.54. The maximum atomic E-state index is 13.3. The molecule has 0 aromatic heterocycles. The number of hydrogen-bond acceptors (Lipinski definition) is 3. The van der Waals surface area contributed by atoms with E-state index in [-0.39, 0.29) is 17.7 Å². The van der Waals surface area contributed by atoms with Gasteiger partial charge in [0.2, 0.25) is 0 Å². The lowest BCUT2D eigenvalue weighted by Gasteiger charge is -2.19. The summed E-state index contributed by atoms with van der Waals surface area (Å²) >= 11 is 0. The van der Waals surface area contributed by atoms with Crippen molar-refractivity contribution < 1.29 is 26.0 Å². The molecule has 0 spiro atoms. The molecule has 0 aliphatic carbocycles. The predicted octanol–water partition coefficient (Wildman–Crippen LogP) is 2.93. The van der Waals surface area contributed by atoms with Crippen LogP contribution in [0.4, 0.5) is 17.6 Å². The third-order valence-corrected chi connectivity index (χ3v) is 3.90. The molecule has 0 amide bonds. The van der Waals surface area contributed by atoms with E-state index in [0.717, 1.165) is 18.4 Å². The lowest BCUT2D eigenvalue weighted by Crippen LogP contribution is -2.24. The van der Waals surface area contributed by atoms with Crippen molar-refractivity contribution in [3.05, 3.63) is 35.1 Å². The van der Waals surface area contributed by atoms with Crippen LogP contribution in [-0.4, -0.2) is 27.0 Å². The summed E-state index contributed by atoms with van der Waals surface area (Å²) in [4.78, 5) is 0. The molecule has 0 fully saturated rings. The van der Waals surface area contributed by atoms with E-state index in [0.29, 0.717) is 6.54 Å². The van der Waals surface area contributed by atoms with E-state index in [4.69, 9.17) is 0 Å². The Labute approximate surface area is 121 Å². The molecule has 1 rings (SSSR count). The van der Waals surface area contributed by atoms with Gasteiger partial charge in [-0.3, -0.25) is 0 Å². The summed E-state index contributed by atoms with van der Waals surface area (Å²) in [6.45, 7) is 2.20. The number of benzene rings is 1. The molecule has 0 aliphatic heterocycles. The fourth-order valence-corrected chi connectivity index (χ4v) is 2.61. The van der Waals surface area contributed by atoms with Gasteiger partial charge in [-0.2, -0.15) is 13.2 Å². The largest absolute Gasteiger partial charge is 0.419 e. The van der Waals surface area contributed by atoms with Crippen LogP contribution in [0.2, 0.25) is 0 Å². The monoisotopic (exact) mass is 327 g/mol. The van der Waals surface area contributed by atoms with E-state index in [1.807, 2.05) is 0 Å². The van der Waals surface area contributed by atoms with E-state index in [9.17, 15) is 26.0 Å². The SMILES string of the molecule is CCNC(CCS(C)(=O)=O)c1ccc(F)c(C(F)(F)F)c1. The summed E-state index contributed by atoms with van der Waals surface area (Å²) in [6, 6.07) is 2.14. The summed E-state index contributed by atoms with van der Waals surface area (Å²) in [6.07, 6.45) is -3.61. The second-order valence-electron chi connectivity index (χ2n) is 4.77. The molecule has 1 unspecified atom stereocenters. The van der Waals surface area contributed by atoms with Crippen molar-refractivity contribution in [3.8, 4) is 0 Å². The summed E-state index contributed by atoms with van der Waals surface area (Å²) < 4.78 is 73.7. The standard InChI is InChI=1S/C13H17F4NO2S/c1-3-18-12(6-7-21(2,19)20)9-4-5-11(14)10(8-9)13(15,16)17/h4-5,8,12,18H,3,6-7H2,1-2H3. The van der Waals surface area contributed by atoms with Crippen molar-refractivity contribution >= 4 is 9.84 Å². The Balaban J connectivity index is 3.08. The normalized spacial score (nSPS) is 14.2. The lowest BCUT2D eigenvalue weighted by molar-refractivity contribution is -0.140. The first-order valence-corrected chi connectivity index (χ1v) is 8.38. The van der Waals surface area contributed by atoms with Gasteiger partial charge in [0.15, 0.2) is 0 Å². The summed E-state index contributed by atoms with van der Waals surface area (Å²) in [7, 11) is -3.23. The first kappa shape index (κ1) is 17.9. The van der Waals surface area contributed by atoms with Crippen LogP contribution in [0.1, 0.15) is 30.5 Å².